The molecule has 0 fully saturated rings. The van der Waals surface area contributed by atoms with Crippen LogP contribution in [-0.4, -0.2) is 24.3 Å². The van der Waals surface area contributed by atoms with Crippen molar-refractivity contribution in [3.63, 3.8) is 0 Å². The Morgan fingerprint density at radius 1 is 2.00 bits per heavy atom. The number of hydrogen-bond donors (Lipinski definition) is 1. The number of aliphatic carboxylic acids is 1. The Hall–Kier alpha value is -1.10. The molecule has 1 aliphatic rings. The Morgan fingerprint density at radius 3 is 3.10 bits per heavy atom. The minimum Gasteiger partial charge on any atom is -0.544 e. The van der Waals surface area contributed by atoms with E-state index in [1.165, 1.54) is 6.21 Å². The number of carboxylic acids is 1. The van der Waals surface area contributed by atoms with Gasteiger partial charge in [-0.2, -0.15) is 0 Å². The van der Waals surface area contributed by atoms with E-state index < -0.39 is 18.1 Å². The lowest BCUT2D eigenvalue weighted by molar-refractivity contribution is -0.452. The molecule has 0 aromatic rings. The molecule has 0 aromatic carbocycles. The van der Waals surface area contributed by atoms with Crippen LogP contribution in [0.3, 0.4) is 0 Å². The van der Waals surface area contributed by atoms with Gasteiger partial charge in [0.2, 0.25) is 0 Å². The van der Waals surface area contributed by atoms with Gasteiger partial charge >= 0.3 is 0 Å². The quantitative estimate of drug-likeness (QED) is 0.451. The Balaban J connectivity index is 2.42. The first kappa shape index (κ1) is 7.01. The molecule has 1 rings (SSSR count). The number of oxime groups is 1. The van der Waals surface area contributed by atoms with Crippen LogP contribution in [0.2, 0.25) is 0 Å². The normalized spacial score (nSPS) is 25.9. The molecule has 0 unspecified atom stereocenters. The average molecular weight is 144 g/mol. The molecule has 1 aliphatic heterocycles. The molecule has 0 aliphatic carbocycles. The van der Waals surface area contributed by atoms with E-state index in [0.717, 1.165) is 0 Å². The summed E-state index contributed by atoms with van der Waals surface area (Å²) in [5, 5.41) is 13.6. The number of hydrogen-bond acceptors (Lipinski definition) is 4. The van der Waals surface area contributed by atoms with Crippen LogP contribution in [0.15, 0.2) is 5.16 Å². The van der Waals surface area contributed by atoms with Crippen LogP contribution >= 0.6 is 0 Å². The van der Waals surface area contributed by atoms with Gasteiger partial charge in [-0.15, -0.1) is 0 Å². The van der Waals surface area contributed by atoms with Gasteiger partial charge in [-0.25, -0.2) is 0 Å². The number of rotatable bonds is 2. The topological polar surface area (TPSA) is 89.4 Å². The first-order valence-corrected chi connectivity index (χ1v) is 2.93. The molecule has 0 saturated heterocycles. The largest absolute Gasteiger partial charge is 0.544 e. The van der Waals surface area contributed by atoms with Gasteiger partial charge in [0.15, 0.2) is 12.1 Å². The van der Waals surface area contributed by atoms with Crippen LogP contribution < -0.4 is 10.8 Å². The van der Waals surface area contributed by atoms with E-state index >= 15 is 0 Å². The fourth-order valence-corrected chi connectivity index (χ4v) is 0.701. The standard InChI is InChI=1S/C5H8N2O3/c6-4(5(8)9)3-1-2-7-10-3/h2-4H,1,6H2,(H,8,9)/t3-,4-/m0/s1. The molecule has 5 heteroatoms. The van der Waals surface area contributed by atoms with Crippen molar-refractivity contribution in [2.75, 3.05) is 0 Å². The predicted octanol–water partition coefficient (Wildman–Crippen LogP) is -2.88. The van der Waals surface area contributed by atoms with Gasteiger partial charge < -0.3 is 20.5 Å². The summed E-state index contributed by atoms with van der Waals surface area (Å²) in [4.78, 5) is 14.8. The number of carbonyl (C=O) groups is 1. The molecule has 0 aromatic heterocycles. The molecule has 56 valence electrons. The highest BCUT2D eigenvalue weighted by molar-refractivity contribution is 5.71. The zero-order chi connectivity index (χ0) is 7.56. The highest BCUT2D eigenvalue weighted by atomic mass is 16.6. The number of carboxylic acid groups (broad SMARTS) is 1. The lowest BCUT2D eigenvalue weighted by atomic mass is 10.1. The molecular weight excluding hydrogens is 136 g/mol. The van der Waals surface area contributed by atoms with Gasteiger partial charge in [0.25, 0.3) is 0 Å². The van der Waals surface area contributed by atoms with E-state index in [-0.39, 0.29) is 0 Å². The second kappa shape index (κ2) is 2.66. The summed E-state index contributed by atoms with van der Waals surface area (Å²) in [6.07, 6.45) is 1.58. The van der Waals surface area contributed by atoms with Gasteiger partial charge in [-0.3, -0.25) is 0 Å². The molecule has 0 bridgehead atoms. The number of quaternary nitrogens is 1. The van der Waals surface area contributed by atoms with Crippen molar-refractivity contribution in [2.45, 2.75) is 18.6 Å². The predicted molar refractivity (Wildman–Crippen MR) is 29.7 cm³/mol. The van der Waals surface area contributed by atoms with Crippen LogP contribution in [0.1, 0.15) is 6.42 Å². The van der Waals surface area contributed by atoms with Gasteiger partial charge in [0.1, 0.15) is 5.97 Å². The lowest BCUT2D eigenvalue weighted by Crippen LogP contribution is -2.73. The zero-order valence-electron chi connectivity index (χ0n) is 5.32. The third-order valence-electron chi connectivity index (χ3n) is 1.36. The van der Waals surface area contributed by atoms with Crippen molar-refractivity contribution < 1.29 is 20.5 Å². The number of carbonyl (C=O) groups excluding carboxylic acids is 1. The highest BCUT2D eigenvalue weighted by Crippen LogP contribution is 2.05. The fourth-order valence-electron chi connectivity index (χ4n) is 0.701. The molecule has 0 saturated carbocycles. The van der Waals surface area contributed by atoms with Crippen molar-refractivity contribution in [3.05, 3.63) is 0 Å². The van der Waals surface area contributed by atoms with Gasteiger partial charge in [0.05, 0.1) is 0 Å². The summed E-state index contributed by atoms with van der Waals surface area (Å²) < 4.78 is 0. The maximum absolute atomic E-state index is 10.2. The molecule has 10 heavy (non-hydrogen) atoms. The maximum atomic E-state index is 10.2. The van der Waals surface area contributed by atoms with Gasteiger partial charge in [-0.05, 0) is 0 Å². The fraction of sp³-hybridized carbons (Fsp3) is 0.600. The highest BCUT2D eigenvalue weighted by Gasteiger charge is 2.25. The molecule has 2 atom stereocenters. The van der Waals surface area contributed by atoms with Crippen LogP contribution in [0.4, 0.5) is 0 Å². The van der Waals surface area contributed by atoms with Crippen LogP contribution in [0, 0.1) is 0 Å². The molecular formula is C5H8N2O3. The smallest absolute Gasteiger partial charge is 0.189 e. The van der Waals surface area contributed by atoms with Crippen LogP contribution in [0.5, 0.6) is 0 Å². The van der Waals surface area contributed by atoms with Crippen molar-refractivity contribution in [1.82, 2.24) is 0 Å². The van der Waals surface area contributed by atoms with Crippen LogP contribution in [-0.2, 0) is 9.63 Å². The minimum atomic E-state index is -1.20. The summed E-state index contributed by atoms with van der Waals surface area (Å²) in [5.74, 6) is -1.20. The summed E-state index contributed by atoms with van der Waals surface area (Å²) in [6.45, 7) is 0. The first-order valence-electron chi connectivity index (χ1n) is 2.93. The Morgan fingerprint density at radius 2 is 2.70 bits per heavy atom. The zero-order valence-corrected chi connectivity index (χ0v) is 5.32. The van der Waals surface area contributed by atoms with E-state index in [0.29, 0.717) is 6.42 Å². The van der Waals surface area contributed by atoms with E-state index in [1.54, 1.807) is 0 Å². The van der Waals surface area contributed by atoms with E-state index in [2.05, 4.69) is 15.7 Å². The van der Waals surface area contributed by atoms with Crippen molar-refractivity contribution >= 4 is 12.2 Å². The number of nitrogens with zero attached hydrogens (tertiary/aromatic N) is 1. The molecule has 0 spiro atoms. The second-order valence-corrected chi connectivity index (χ2v) is 2.09. The van der Waals surface area contributed by atoms with Gasteiger partial charge in [-0.1, -0.05) is 5.16 Å². The summed E-state index contributed by atoms with van der Waals surface area (Å²) in [6, 6.07) is -0.831. The summed E-state index contributed by atoms with van der Waals surface area (Å²) in [7, 11) is 0. The molecule has 5 nitrogen and oxygen atoms in total. The van der Waals surface area contributed by atoms with E-state index in [1.807, 2.05) is 0 Å². The van der Waals surface area contributed by atoms with Crippen molar-refractivity contribution in [3.8, 4) is 0 Å². The maximum Gasteiger partial charge on any atom is 0.189 e. The monoisotopic (exact) mass is 144 g/mol. The van der Waals surface area contributed by atoms with Crippen molar-refractivity contribution in [2.24, 2.45) is 5.16 Å². The second-order valence-electron chi connectivity index (χ2n) is 2.09. The molecule has 3 N–H and O–H groups in total. The molecule has 0 radical (unpaired) electrons. The third-order valence-corrected chi connectivity index (χ3v) is 1.36. The van der Waals surface area contributed by atoms with E-state index in [9.17, 15) is 9.90 Å². The lowest BCUT2D eigenvalue weighted by Gasteiger charge is -2.13. The Bertz CT molecular complexity index is 160. The average Bonchev–Trinajstić information content (AvgIpc) is 2.36. The van der Waals surface area contributed by atoms with Gasteiger partial charge in [0, 0.05) is 12.6 Å². The van der Waals surface area contributed by atoms with Crippen LogP contribution in [0.25, 0.3) is 0 Å². The third kappa shape index (κ3) is 1.24. The first-order chi connectivity index (χ1) is 4.72. The van der Waals surface area contributed by atoms with E-state index in [4.69, 9.17) is 0 Å². The van der Waals surface area contributed by atoms with Crippen molar-refractivity contribution in [1.29, 1.82) is 0 Å². The Kier molecular flexibility index (Phi) is 1.86. The molecule has 0 amide bonds. The molecule has 1 heterocycles. The SMILES string of the molecule is [NH3+][C@H](C(=O)[O-])[C@@H]1CC=NO1. The summed E-state index contributed by atoms with van der Waals surface area (Å²) in [5.41, 5.74) is 3.35. The Labute approximate surface area is 57.5 Å². The minimum absolute atomic E-state index is 0.440. The summed E-state index contributed by atoms with van der Waals surface area (Å²) >= 11 is 0.